The van der Waals surface area contributed by atoms with Crippen LogP contribution in [-0.4, -0.2) is 42.8 Å². The summed E-state index contributed by atoms with van der Waals surface area (Å²) in [5.41, 5.74) is 2.14. The molecule has 0 aliphatic carbocycles. The summed E-state index contributed by atoms with van der Waals surface area (Å²) in [6.07, 6.45) is 4.08. The number of thiocarbonyl (C=S) groups is 1. The largest absolute Gasteiger partial charge is 0.489 e. The van der Waals surface area contributed by atoms with Crippen LogP contribution in [0.3, 0.4) is 0 Å². The molecule has 0 unspecified atom stereocenters. The van der Waals surface area contributed by atoms with Crippen LogP contribution in [0.5, 0.6) is 5.75 Å². The average Bonchev–Trinajstić information content (AvgIpc) is 2.66. The minimum absolute atomic E-state index is 0.512. The van der Waals surface area contributed by atoms with Crippen molar-refractivity contribution in [2.45, 2.75) is 0 Å². The molecular formula is C20H21NO2S. The number of nitrogens with zero attached hydrogens (tertiary/aromatic N) is 1. The van der Waals surface area contributed by atoms with Crippen molar-refractivity contribution < 1.29 is 9.47 Å². The van der Waals surface area contributed by atoms with Crippen LogP contribution in [0.4, 0.5) is 0 Å². The highest BCUT2D eigenvalue weighted by Crippen LogP contribution is 2.21. The number of benzene rings is 2. The van der Waals surface area contributed by atoms with Crippen LogP contribution in [0.15, 0.2) is 60.7 Å². The maximum atomic E-state index is 5.94. The van der Waals surface area contributed by atoms with Crippen LogP contribution < -0.4 is 4.74 Å². The molecule has 0 spiro atoms. The zero-order chi connectivity index (χ0) is 16.6. The molecule has 1 aliphatic rings. The van der Waals surface area contributed by atoms with E-state index in [-0.39, 0.29) is 0 Å². The third-order valence-electron chi connectivity index (χ3n) is 3.86. The molecular weight excluding hydrogens is 318 g/mol. The first-order valence-corrected chi connectivity index (χ1v) is 8.56. The van der Waals surface area contributed by atoms with Gasteiger partial charge in [-0.1, -0.05) is 60.8 Å². The first kappa shape index (κ1) is 16.7. The predicted molar refractivity (Wildman–Crippen MR) is 102 cm³/mol. The highest BCUT2D eigenvalue weighted by Gasteiger charge is 2.17. The lowest BCUT2D eigenvalue weighted by Crippen LogP contribution is -2.40. The molecule has 0 bridgehead atoms. The molecule has 0 atom stereocenters. The van der Waals surface area contributed by atoms with E-state index in [4.69, 9.17) is 21.7 Å². The molecule has 3 nitrogen and oxygen atoms in total. The Labute approximate surface area is 148 Å². The summed E-state index contributed by atoms with van der Waals surface area (Å²) in [4.78, 5) is 3.02. The Morgan fingerprint density at radius 3 is 2.54 bits per heavy atom. The van der Waals surface area contributed by atoms with Crippen molar-refractivity contribution in [3.8, 4) is 5.75 Å². The lowest BCUT2D eigenvalue weighted by atomic mass is 10.1. The summed E-state index contributed by atoms with van der Waals surface area (Å²) in [6, 6.07) is 18.2. The lowest BCUT2D eigenvalue weighted by Gasteiger charge is -2.29. The van der Waals surface area contributed by atoms with E-state index in [2.05, 4.69) is 23.1 Å². The molecule has 4 heteroatoms. The van der Waals surface area contributed by atoms with E-state index in [0.717, 1.165) is 42.6 Å². The number of rotatable bonds is 5. The fourth-order valence-corrected chi connectivity index (χ4v) is 2.94. The molecule has 1 fully saturated rings. The van der Waals surface area contributed by atoms with Crippen LogP contribution in [0.2, 0.25) is 0 Å². The molecule has 0 amide bonds. The second-order valence-electron chi connectivity index (χ2n) is 5.52. The molecule has 2 aromatic rings. The second-order valence-corrected chi connectivity index (χ2v) is 5.91. The summed E-state index contributed by atoms with van der Waals surface area (Å²) in [5, 5.41) is 0. The molecule has 3 rings (SSSR count). The molecule has 24 heavy (non-hydrogen) atoms. The quantitative estimate of drug-likeness (QED) is 0.773. The summed E-state index contributed by atoms with van der Waals surface area (Å²) in [6.45, 7) is 3.63. The average molecular weight is 339 g/mol. The summed E-state index contributed by atoms with van der Waals surface area (Å²) in [5.74, 6) is 0.826. The Morgan fingerprint density at radius 2 is 1.75 bits per heavy atom. The third-order valence-corrected chi connectivity index (χ3v) is 4.34. The Kier molecular flexibility index (Phi) is 5.99. The Morgan fingerprint density at radius 1 is 1.04 bits per heavy atom. The number of morpholine rings is 1. The highest BCUT2D eigenvalue weighted by atomic mass is 32.1. The van der Waals surface area contributed by atoms with Crippen molar-refractivity contribution in [1.29, 1.82) is 0 Å². The van der Waals surface area contributed by atoms with Gasteiger partial charge in [-0.05, 0) is 23.8 Å². The van der Waals surface area contributed by atoms with Crippen molar-refractivity contribution in [2.75, 3.05) is 32.9 Å². The van der Waals surface area contributed by atoms with Crippen LogP contribution in [0, 0.1) is 0 Å². The van der Waals surface area contributed by atoms with Crippen molar-refractivity contribution >= 4 is 23.3 Å². The van der Waals surface area contributed by atoms with E-state index in [1.807, 2.05) is 48.5 Å². The molecule has 0 N–H and O–H groups in total. The predicted octanol–water partition coefficient (Wildman–Crippen LogP) is 3.79. The summed E-state index contributed by atoms with van der Waals surface area (Å²) < 4.78 is 11.3. The third kappa shape index (κ3) is 4.43. The second kappa shape index (κ2) is 8.62. The summed E-state index contributed by atoms with van der Waals surface area (Å²) >= 11 is 5.66. The van der Waals surface area contributed by atoms with Gasteiger partial charge in [0.15, 0.2) is 0 Å². The highest BCUT2D eigenvalue weighted by molar-refractivity contribution is 7.80. The fraction of sp³-hybridized carbons (Fsp3) is 0.250. The van der Waals surface area contributed by atoms with Crippen LogP contribution in [0.25, 0.3) is 6.08 Å². The molecule has 124 valence electrons. The van der Waals surface area contributed by atoms with Crippen molar-refractivity contribution in [2.24, 2.45) is 0 Å². The number of hydrogen-bond donors (Lipinski definition) is 0. The van der Waals surface area contributed by atoms with Gasteiger partial charge in [-0.15, -0.1) is 0 Å². The maximum absolute atomic E-state index is 5.94. The molecule has 1 heterocycles. The zero-order valence-corrected chi connectivity index (χ0v) is 14.4. The van der Waals surface area contributed by atoms with E-state index in [9.17, 15) is 0 Å². The van der Waals surface area contributed by atoms with Crippen LogP contribution in [-0.2, 0) is 4.74 Å². The Hall–Kier alpha value is -2.17. The normalized spacial score (nSPS) is 14.8. The first-order chi connectivity index (χ1) is 11.8. The fourth-order valence-electron chi connectivity index (χ4n) is 2.59. The van der Waals surface area contributed by atoms with E-state index >= 15 is 0 Å². The molecule has 1 saturated heterocycles. The monoisotopic (exact) mass is 339 g/mol. The maximum Gasteiger partial charge on any atom is 0.129 e. The standard InChI is InChI=1S/C20H21NO2S/c24-20(21-12-15-22-16-13-21)18-10-4-5-11-19(18)23-14-6-9-17-7-2-1-3-8-17/h1-11H,12-16H2/b9-6+. The van der Waals surface area contributed by atoms with Gasteiger partial charge in [0.2, 0.25) is 0 Å². The van der Waals surface area contributed by atoms with Gasteiger partial charge in [-0.25, -0.2) is 0 Å². The SMILES string of the molecule is S=C(c1ccccc1OC/C=C/c1ccccc1)N1CCOCC1. The van der Waals surface area contributed by atoms with Gasteiger partial charge in [0.05, 0.1) is 18.8 Å². The minimum atomic E-state index is 0.512. The van der Waals surface area contributed by atoms with Gasteiger partial charge >= 0.3 is 0 Å². The van der Waals surface area contributed by atoms with Crippen molar-refractivity contribution in [3.05, 3.63) is 71.8 Å². The number of hydrogen-bond acceptors (Lipinski definition) is 3. The van der Waals surface area contributed by atoms with Crippen LogP contribution in [0.1, 0.15) is 11.1 Å². The van der Waals surface area contributed by atoms with Gasteiger partial charge < -0.3 is 14.4 Å². The molecule has 0 radical (unpaired) electrons. The molecule has 0 saturated carbocycles. The van der Waals surface area contributed by atoms with Crippen molar-refractivity contribution in [1.82, 2.24) is 4.90 Å². The molecule has 1 aliphatic heterocycles. The smallest absolute Gasteiger partial charge is 0.129 e. The minimum Gasteiger partial charge on any atom is -0.489 e. The molecule has 0 aromatic heterocycles. The first-order valence-electron chi connectivity index (χ1n) is 8.15. The van der Waals surface area contributed by atoms with E-state index < -0.39 is 0 Å². The number of ether oxygens (including phenoxy) is 2. The van der Waals surface area contributed by atoms with E-state index in [1.54, 1.807) is 0 Å². The van der Waals surface area contributed by atoms with Gasteiger partial charge in [-0.3, -0.25) is 0 Å². The van der Waals surface area contributed by atoms with Crippen molar-refractivity contribution in [3.63, 3.8) is 0 Å². The van der Waals surface area contributed by atoms with Gasteiger partial charge in [-0.2, -0.15) is 0 Å². The van der Waals surface area contributed by atoms with Crippen LogP contribution >= 0.6 is 12.2 Å². The number of para-hydroxylation sites is 1. The van der Waals surface area contributed by atoms with E-state index in [1.165, 1.54) is 5.56 Å². The Balaban J connectivity index is 1.63. The molecule has 2 aromatic carbocycles. The van der Waals surface area contributed by atoms with Gasteiger partial charge in [0.25, 0.3) is 0 Å². The summed E-state index contributed by atoms with van der Waals surface area (Å²) in [7, 11) is 0. The topological polar surface area (TPSA) is 21.7 Å². The van der Waals surface area contributed by atoms with Gasteiger partial charge in [0, 0.05) is 13.1 Å². The van der Waals surface area contributed by atoms with Gasteiger partial charge in [0.1, 0.15) is 17.3 Å². The Bertz CT molecular complexity index is 694. The zero-order valence-electron chi connectivity index (χ0n) is 13.6. The van der Waals surface area contributed by atoms with E-state index in [0.29, 0.717) is 6.61 Å². The lowest BCUT2D eigenvalue weighted by molar-refractivity contribution is 0.0692.